The van der Waals surface area contributed by atoms with Crippen molar-refractivity contribution in [1.29, 1.82) is 0 Å². The molecule has 0 bridgehead atoms. The molecule has 1 unspecified atom stereocenters. The number of benzene rings is 1. The zero-order chi connectivity index (χ0) is 15.3. The number of hydrogen-bond donors (Lipinski definition) is 2. The van der Waals surface area contributed by atoms with Gasteiger partial charge in [-0.05, 0) is 44.6 Å². The summed E-state index contributed by atoms with van der Waals surface area (Å²) in [5, 5.41) is 0.604. The summed E-state index contributed by atoms with van der Waals surface area (Å²) in [5.74, 6) is 6.48. The van der Waals surface area contributed by atoms with Crippen LogP contribution in [0.25, 0.3) is 0 Å². The lowest BCUT2D eigenvalue weighted by molar-refractivity contribution is 0.0912. The van der Waals surface area contributed by atoms with Crippen molar-refractivity contribution >= 4 is 11.6 Å². The Morgan fingerprint density at radius 1 is 1.35 bits per heavy atom. The molecule has 1 aromatic rings. The molecule has 0 aliphatic carbocycles. The van der Waals surface area contributed by atoms with Crippen molar-refractivity contribution in [3.05, 3.63) is 28.8 Å². The Hall–Kier alpha value is -0.810. The third-order valence-electron chi connectivity index (χ3n) is 3.96. The van der Waals surface area contributed by atoms with Gasteiger partial charge in [0.15, 0.2) is 0 Å². The highest BCUT2D eigenvalue weighted by molar-refractivity contribution is 6.32. The summed E-state index contributed by atoms with van der Waals surface area (Å²) in [6.07, 6.45) is 0. The fourth-order valence-corrected chi connectivity index (χ4v) is 2.98. The molecule has 0 spiro atoms. The number of ether oxygens (including phenoxy) is 1. The summed E-state index contributed by atoms with van der Waals surface area (Å²) in [5.41, 5.74) is 3.87. The van der Waals surface area contributed by atoms with Gasteiger partial charge in [-0.1, -0.05) is 31.5 Å². The maximum atomic E-state index is 6.09. The molecule has 1 rings (SSSR count). The SMILES string of the molecule is CCN(CC)C(C)(C)C(NN)c1ccc(Cl)c(OC)c1. The van der Waals surface area contributed by atoms with Gasteiger partial charge in [0.05, 0.1) is 18.2 Å². The molecule has 0 radical (unpaired) electrons. The minimum absolute atomic E-state index is 0.0198. The summed E-state index contributed by atoms with van der Waals surface area (Å²) >= 11 is 6.09. The predicted molar refractivity (Wildman–Crippen MR) is 85.1 cm³/mol. The third-order valence-corrected chi connectivity index (χ3v) is 4.27. The van der Waals surface area contributed by atoms with Gasteiger partial charge in [0.2, 0.25) is 0 Å². The second kappa shape index (κ2) is 7.27. The number of nitrogens with one attached hydrogen (secondary N) is 1. The highest BCUT2D eigenvalue weighted by atomic mass is 35.5. The van der Waals surface area contributed by atoms with Crippen molar-refractivity contribution in [2.45, 2.75) is 39.3 Å². The lowest BCUT2D eigenvalue weighted by Crippen LogP contribution is -2.54. The Labute approximate surface area is 127 Å². The topological polar surface area (TPSA) is 50.5 Å². The normalized spacial score (nSPS) is 13.6. The summed E-state index contributed by atoms with van der Waals surface area (Å²) in [7, 11) is 1.62. The summed E-state index contributed by atoms with van der Waals surface area (Å²) in [6, 6.07) is 5.76. The van der Waals surface area contributed by atoms with Crippen LogP contribution in [0.2, 0.25) is 5.02 Å². The van der Waals surface area contributed by atoms with Gasteiger partial charge in [-0.2, -0.15) is 0 Å². The van der Waals surface area contributed by atoms with E-state index in [1.807, 2.05) is 18.2 Å². The van der Waals surface area contributed by atoms with E-state index in [2.05, 4.69) is 38.0 Å². The van der Waals surface area contributed by atoms with Crippen molar-refractivity contribution in [3.8, 4) is 5.75 Å². The van der Waals surface area contributed by atoms with E-state index in [0.717, 1.165) is 18.7 Å². The van der Waals surface area contributed by atoms with Gasteiger partial charge < -0.3 is 4.74 Å². The molecule has 5 heteroatoms. The van der Waals surface area contributed by atoms with Gasteiger partial charge in [-0.25, -0.2) is 0 Å². The minimum Gasteiger partial charge on any atom is -0.495 e. The fraction of sp³-hybridized carbons (Fsp3) is 0.600. The first-order chi connectivity index (χ1) is 9.42. The molecule has 20 heavy (non-hydrogen) atoms. The van der Waals surface area contributed by atoms with Crippen molar-refractivity contribution in [2.75, 3.05) is 20.2 Å². The van der Waals surface area contributed by atoms with Gasteiger partial charge in [-0.15, -0.1) is 0 Å². The molecule has 1 aromatic carbocycles. The molecular formula is C15H26ClN3O. The fourth-order valence-electron chi connectivity index (χ4n) is 2.79. The van der Waals surface area contributed by atoms with Crippen LogP contribution in [0.5, 0.6) is 5.75 Å². The van der Waals surface area contributed by atoms with E-state index >= 15 is 0 Å². The minimum atomic E-state index is -0.128. The standard InChI is InChI=1S/C15H26ClN3O/c1-6-19(7-2)15(3,4)14(18-17)11-8-9-12(16)13(10-11)20-5/h8-10,14,18H,6-7,17H2,1-5H3. The average Bonchev–Trinajstić information content (AvgIpc) is 2.42. The maximum absolute atomic E-state index is 6.09. The van der Waals surface area contributed by atoms with E-state index in [9.17, 15) is 0 Å². The molecule has 0 aliphatic rings. The Morgan fingerprint density at radius 3 is 2.40 bits per heavy atom. The van der Waals surface area contributed by atoms with Crippen LogP contribution < -0.4 is 16.0 Å². The lowest BCUT2D eigenvalue weighted by Gasteiger charge is -2.43. The van der Waals surface area contributed by atoms with Gasteiger partial charge in [0, 0.05) is 5.54 Å². The van der Waals surface area contributed by atoms with Crippen LogP contribution in [0.4, 0.5) is 0 Å². The summed E-state index contributed by atoms with van der Waals surface area (Å²) < 4.78 is 5.29. The highest BCUT2D eigenvalue weighted by Crippen LogP contribution is 2.34. The Morgan fingerprint density at radius 2 is 1.95 bits per heavy atom. The van der Waals surface area contributed by atoms with Crippen LogP contribution in [0.15, 0.2) is 18.2 Å². The third kappa shape index (κ3) is 3.44. The van der Waals surface area contributed by atoms with Crippen LogP contribution in [0.1, 0.15) is 39.3 Å². The van der Waals surface area contributed by atoms with E-state index in [-0.39, 0.29) is 11.6 Å². The monoisotopic (exact) mass is 299 g/mol. The molecule has 3 N–H and O–H groups in total. The van der Waals surface area contributed by atoms with E-state index in [4.69, 9.17) is 22.2 Å². The van der Waals surface area contributed by atoms with Gasteiger partial charge in [0.25, 0.3) is 0 Å². The van der Waals surface area contributed by atoms with Crippen molar-refractivity contribution in [1.82, 2.24) is 10.3 Å². The zero-order valence-corrected chi connectivity index (χ0v) is 13.8. The van der Waals surface area contributed by atoms with Crippen LogP contribution in [0, 0.1) is 0 Å². The van der Waals surface area contributed by atoms with Crippen LogP contribution in [-0.2, 0) is 0 Å². The van der Waals surface area contributed by atoms with E-state index in [1.165, 1.54) is 0 Å². The first kappa shape index (κ1) is 17.2. The molecule has 0 amide bonds. The van der Waals surface area contributed by atoms with Crippen molar-refractivity contribution in [3.63, 3.8) is 0 Å². The number of hydrogen-bond acceptors (Lipinski definition) is 4. The van der Waals surface area contributed by atoms with Crippen LogP contribution in [-0.4, -0.2) is 30.6 Å². The molecule has 4 nitrogen and oxygen atoms in total. The van der Waals surface area contributed by atoms with E-state index in [1.54, 1.807) is 7.11 Å². The number of nitrogens with zero attached hydrogens (tertiary/aromatic N) is 1. The highest BCUT2D eigenvalue weighted by Gasteiger charge is 2.34. The first-order valence-corrected chi connectivity index (χ1v) is 7.34. The zero-order valence-electron chi connectivity index (χ0n) is 13.0. The van der Waals surface area contributed by atoms with Crippen molar-refractivity contribution < 1.29 is 4.74 Å². The molecule has 0 saturated heterocycles. The number of rotatable bonds is 7. The van der Waals surface area contributed by atoms with Crippen molar-refractivity contribution in [2.24, 2.45) is 5.84 Å². The van der Waals surface area contributed by atoms with Crippen LogP contribution in [0.3, 0.4) is 0 Å². The van der Waals surface area contributed by atoms with Gasteiger partial charge >= 0.3 is 0 Å². The molecule has 114 valence electrons. The van der Waals surface area contributed by atoms with Gasteiger partial charge in [-0.3, -0.25) is 16.2 Å². The molecule has 0 aromatic heterocycles. The molecule has 0 aliphatic heterocycles. The molecule has 0 fully saturated rings. The second-order valence-electron chi connectivity index (χ2n) is 5.32. The van der Waals surface area contributed by atoms with Crippen LogP contribution >= 0.6 is 11.6 Å². The predicted octanol–water partition coefficient (Wildman–Crippen LogP) is 2.97. The second-order valence-corrected chi connectivity index (χ2v) is 5.73. The molecule has 1 atom stereocenters. The van der Waals surface area contributed by atoms with Gasteiger partial charge in [0.1, 0.15) is 5.75 Å². The molecule has 0 saturated carbocycles. The Kier molecular flexibility index (Phi) is 6.27. The number of hydrazine groups is 1. The number of halogens is 1. The lowest BCUT2D eigenvalue weighted by atomic mass is 9.87. The number of likely N-dealkylation sites (N-methyl/N-ethyl adjacent to an activating group) is 1. The Bertz CT molecular complexity index is 433. The Balaban J connectivity index is 3.18. The van der Waals surface area contributed by atoms with E-state index < -0.39 is 0 Å². The largest absolute Gasteiger partial charge is 0.495 e. The number of methoxy groups -OCH3 is 1. The quantitative estimate of drug-likeness (QED) is 0.600. The maximum Gasteiger partial charge on any atom is 0.137 e. The number of nitrogens with two attached hydrogens (primary N) is 1. The molecule has 0 heterocycles. The smallest absolute Gasteiger partial charge is 0.137 e. The summed E-state index contributed by atoms with van der Waals surface area (Å²) in [4.78, 5) is 2.37. The van der Waals surface area contributed by atoms with E-state index in [0.29, 0.717) is 10.8 Å². The average molecular weight is 300 g/mol. The first-order valence-electron chi connectivity index (χ1n) is 6.96. The summed E-state index contributed by atoms with van der Waals surface area (Å²) in [6.45, 7) is 10.6. The molecular weight excluding hydrogens is 274 g/mol.